The van der Waals surface area contributed by atoms with E-state index < -0.39 is 0 Å². The number of rotatable bonds is 4. The van der Waals surface area contributed by atoms with Crippen LogP contribution in [0.15, 0.2) is 0 Å². The number of hydrogen-bond acceptors (Lipinski definition) is 3. The van der Waals surface area contributed by atoms with E-state index in [1.165, 1.54) is 6.42 Å². The van der Waals surface area contributed by atoms with Crippen LogP contribution in [-0.2, 0) is 13.6 Å². The van der Waals surface area contributed by atoms with Crippen LogP contribution in [0.5, 0.6) is 0 Å². The van der Waals surface area contributed by atoms with E-state index in [4.69, 9.17) is 5.73 Å². The summed E-state index contributed by atoms with van der Waals surface area (Å²) in [5.74, 6) is 1.32. The van der Waals surface area contributed by atoms with E-state index in [1.807, 2.05) is 18.7 Å². The van der Waals surface area contributed by atoms with Crippen LogP contribution in [0.25, 0.3) is 11.2 Å². The van der Waals surface area contributed by atoms with Gasteiger partial charge in [-0.3, -0.25) is 9.25 Å². The molecule has 0 saturated carbocycles. The molecule has 17 heavy (non-hydrogen) atoms. The summed E-state index contributed by atoms with van der Waals surface area (Å²) in [5.41, 5.74) is 8.86. The zero-order valence-corrected chi connectivity index (χ0v) is 11.1. The molecule has 2 rings (SSSR count). The second-order valence-corrected chi connectivity index (χ2v) is 5.04. The first kappa shape index (κ1) is 12.0. The molecular weight excluding hydrogens is 214 g/mol. The molecule has 0 amide bonds. The Bertz CT molecular complexity index is 520. The number of anilines is 1. The van der Waals surface area contributed by atoms with Crippen molar-refractivity contribution in [2.24, 2.45) is 13.0 Å². The van der Waals surface area contributed by atoms with Crippen LogP contribution >= 0.6 is 0 Å². The van der Waals surface area contributed by atoms with Crippen molar-refractivity contribution in [3.63, 3.8) is 0 Å². The third-order valence-electron chi connectivity index (χ3n) is 3.08. The Kier molecular flexibility index (Phi) is 3.09. The smallest absolute Gasteiger partial charge is 0.202 e. The van der Waals surface area contributed by atoms with Gasteiger partial charge in [-0.05, 0) is 25.7 Å². The maximum atomic E-state index is 5.96. The lowest BCUT2D eigenvalue weighted by molar-refractivity contribution is 0.515. The number of imidazole rings is 1. The first-order valence-corrected chi connectivity index (χ1v) is 6.16. The fraction of sp³-hybridized carbons (Fsp3) is 0.667. The molecule has 0 saturated heterocycles. The second-order valence-electron chi connectivity index (χ2n) is 5.04. The first-order chi connectivity index (χ1) is 8.00. The zero-order chi connectivity index (χ0) is 12.6. The molecule has 0 aliphatic heterocycles. The maximum Gasteiger partial charge on any atom is 0.202 e. The lowest BCUT2D eigenvalue weighted by atomic mass is 10.1. The second kappa shape index (κ2) is 4.39. The third-order valence-corrected chi connectivity index (χ3v) is 3.08. The van der Waals surface area contributed by atoms with Crippen LogP contribution in [0.1, 0.15) is 32.4 Å². The fourth-order valence-electron chi connectivity index (χ4n) is 2.23. The summed E-state index contributed by atoms with van der Waals surface area (Å²) in [7, 11) is 1.94. The molecule has 0 radical (unpaired) electrons. The van der Waals surface area contributed by atoms with Crippen molar-refractivity contribution >= 4 is 17.1 Å². The molecule has 5 nitrogen and oxygen atoms in total. The minimum Gasteiger partial charge on any atom is -0.369 e. The van der Waals surface area contributed by atoms with Gasteiger partial charge in [0.15, 0.2) is 5.65 Å². The molecule has 2 N–H and O–H groups in total. The van der Waals surface area contributed by atoms with Crippen LogP contribution in [0.3, 0.4) is 0 Å². The number of aromatic nitrogens is 4. The molecule has 2 aromatic rings. The largest absolute Gasteiger partial charge is 0.369 e. The van der Waals surface area contributed by atoms with E-state index in [0.29, 0.717) is 5.95 Å². The van der Waals surface area contributed by atoms with E-state index in [2.05, 4.69) is 28.5 Å². The Morgan fingerprint density at radius 2 is 2.06 bits per heavy atom. The molecule has 0 aliphatic rings. The number of nitrogen functional groups attached to an aromatic ring is 1. The average Bonchev–Trinajstić information content (AvgIpc) is 2.68. The van der Waals surface area contributed by atoms with E-state index in [-0.39, 0.29) is 0 Å². The summed E-state index contributed by atoms with van der Waals surface area (Å²) >= 11 is 0. The van der Waals surface area contributed by atoms with Crippen molar-refractivity contribution in [3.8, 4) is 0 Å². The molecule has 0 spiro atoms. The number of fused-ring (bicyclic) bond motifs is 1. The van der Waals surface area contributed by atoms with Gasteiger partial charge in [0.05, 0.1) is 5.69 Å². The highest BCUT2D eigenvalue weighted by atomic mass is 15.3. The van der Waals surface area contributed by atoms with Crippen molar-refractivity contribution in [1.82, 2.24) is 19.3 Å². The topological polar surface area (TPSA) is 61.7 Å². The number of nitrogens with two attached hydrogens (primary N) is 1. The maximum absolute atomic E-state index is 5.96. The molecule has 0 fully saturated rings. The SMILES string of the molecule is Cc1nn(C)c2c1nc(N)n2CCCC(C)C. The Labute approximate surface area is 102 Å². The third kappa shape index (κ3) is 2.14. The van der Waals surface area contributed by atoms with Crippen molar-refractivity contribution in [2.45, 2.75) is 40.2 Å². The van der Waals surface area contributed by atoms with Gasteiger partial charge < -0.3 is 5.73 Å². The number of hydrogen-bond donors (Lipinski definition) is 1. The highest BCUT2D eigenvalue weighted by Crippen LogP contribution is 2.21. The first-order valence-electron chi connectivity index (χ1n) is 6.16. The lowest BCUT2D eigenvalue weighted by Gasteiger charge is -2.08. The van der Waals surface area contributed by atoms with Crippen molar-refractivity contribution < 1.29 is 0 Å². The van der Waals surface area contributed by atoms with Crippen LogP contribution in [0.2, 0.25) is 0 Å². The summed E-state index contributed by atoms with van der Waals surface area (Å²) in [6.45, 7) is 7.36. The van der Waals surface area contributed by atoms with Gasteiger partial charge in [0.2, 0.25) is 5.95 Å². The van der Waals surface area contributed by atoms with Crippen LogP contribution in [0.4, 0.5) is 5.95 Å². The monoisotopic (exact) mass is 235 g/mol. The van der Waals surface area contributed by atoms with Gasteiger partial charge in [0.1, 0.15) is 5.52 Å². The quantitative estimate of drug-likeness (QED) is 0.882. The molecule has 2 aromatic heterocycles. The molecule has 2 heterocycles. The Morgan fingerprint density at radius 3 is 2.71 bits per heavy atom. The van der Waals surface area contributed by atoms with Crippen LogP contribution in [0, 0.1) is 12.8 Å². The predicted molar refractivity (Wildman–Crippen MR) is 69.7 cm³/mol. The van der Waals surface area contributed by atoms with Crippen LogP contribution in [-0.4, -0.2) is 19.3 Å². The summed E-state index contributed by atoms with van der Waals surface area (Å²) in [5, 5.41) is 4.37. The lowest BCUT2D eigenvalue weighted by Crippen LogP contribution is -2.07. The minimum atomic E-state index is 0.597. The van der Waals surface area contributed by atoms with Gasteiger partial charge in [-0.2, -0.15) is 5.10 Å². The standard InChI is InChI=1S/C12H21N5/c1-8(2)6-5-7-17-11-10(14-12(17)13)9(3)15-16(11)4/h8H,5-7H2,1-4H3,(H2,13,14). The number of nitrogens with zero attached hydrogens (tertiary/aromatic N) is 4. The molecule has 0 bridgehead atoms. The van der Waals surface area contributed by atoms with E-state index >= 15 is 0 Å². The average molecular weight is 235 g/mol. The van der Waals surface area contributed by atoms with Crippen LogP contribution < -0.4 is 5.73 Å². The molecule has 0 atom stereocenters. The van der Waals surface area contributed by atoms with Crippen molar-refractivity contribution in [1.29, 1.82) is 0 Å². The minimum absolute atomic E-state index is 0.597. The number of aryl methyl sites for hydroxylation is 3. The molecular formula is C12H21N5. The Hall–Kier alpha value is -1.52. The predicted octanol–water partition coefficient (Wildman–Crippen LogP) is 2.10. The molecule has 0 unspecified atom stereocenters. The summed E-state index contributed by atoms with van der Waals surface area (Å²) in [4.78, 5) is 4.39. The fourth-order valence-corrected chi connectivity index (χ4v) is 2.23. The van der Waals surface area contributed by atoms with Gasteiger partial charge in [-0.1, -0.05) is 13.8 Å². The van der Waals surface area contributed by atoms with E-state index in [9.17, 15) is 0 Å². The van der Waals surface area contributed by atoms with Gasteiger partial charge in [0.25, 0.3) is 0 Å². The highest BCUT2D eigenvalue weighted by Gasteiger charge is 2.15. The van der Waals surface area contributed by atoms with Gasteiger partial charge in [0, 0.05) is 13.6 Å². The highest BCUT2D eigenvalue weighted by molar-refractivity contribution is 5.77. The molecule has 5 heteroatoms. The van der Waals surface area contributed by atoms with Gasteiger partial charge >= 0.3 is 0 Å². The van der Waals surface area contributed by atoms with Crippen molar-refractivity contribution in [2.75, 3.05) is 5.73 Å². The summed E-state index contributed by atoms with van der Waals surface area (Å²) in [6.07, 6.45) is 2.33. The summed E-state index contributed by atoms with van der Waals surface area (Å²) in [6, 6.07) is 0. The Morgan fingerprint density at radius 1 is 1.35 bits per heavy atom. The molecule has 0 aliphatic carbocycles. The van der Waals surface area contributed by atoms with Gasteiger partial charge in [-0.15, -0.1) is 0 Å². The zero-order valence-electron chi connectivity index (χ0n) is 11.1. The molecule has 0 aromatic carbocycles. The van der Waals surface area contributed by atoms with E-state index in [1.54, 1.807) is 0 Å². The van der Waals surface area contributed by atoms with Gasteiger partial charge in [-0.25, -0.2) is 4.98 Å². The van der Waals surface area contributed by atoms with Crippen molar-refractivity contribution in [3.05, 3.63) is 5.69 Å². The molecule has 94 valence electrons. The normalized spacial score (nSPS) is 11.8. The Balaban J connectivity index is 2.29. The summed E-state index contributed by atoms with van der Waals surface area (Å²) < 4.78 is 3.93. The van der Waals surface area contributed by atoms with E-state index in [0.717, 1.165) is 35.7 Å².